The second kappa shape index (κ2) is 4.58. The molecule has 0 aromatic rings. The van der Waals surface area contributed by atoms with Crippen LogP contribution in [0.4, 0.5) is 0 Å². The zero-order valence-corrected chi connectivity index (χ0v) is 9.08. The van der Waals surface area contributed by atoms with Gasteiger partial charge in [0, 0.05) is 0 Å². The van der Waals surface area contributed by atoms with Crippen LogP contribution in [-0.2, 0) is 14.3 Å². The zero-order chi connectivity index (χ0) is 10.7. The van der Waals surface area contributed by atoms with E-state index in [1.54, 1.807) is 0 Å². The number of carbonyl (C=O) groups is 2. The Bertz CT molecular complexity index is 229. The van der Waals surface area contributed by atoms with Gasteiger partial charge in [0.2, 0.25) is 0 Å². The molecule has 1 rings (SSSR count). The highest BCUT2D eigenvalue weighted by molar-refractivity contribution is 5.98. The first-order valence-corrected chi connectivity index (χ1v) is 5.19. The lowest BCUT2D eigenvalue weighted by Crippen LogP contribution is -2.27. The molecule has 0 radical (unpaired) electrons. The molecule has 0 aromatic heterocycles. The van der Waals surface area contributed by atoms with Crippen molar-refractivity contribution in [1.29, 1.82) is 0 Å². The fraction of sp³-hybridized carbons (Fsp3) is 0.818. The number of hydrogen-bond acceptors (Lipinski definition) is 3. The van der Waals surface area contributed by atoms with Crippen LogP contribution in [0.5, 0.6) is 0 Å². The Hall–Kier alpha value is -0.860. The highest BCUT2D eigenvalue weighted by Gasteiger charge is 2.40. The molecule has 0 aliphatic heterocycles. The lowest BCUT2D eigenvalue weighted by atomic mass is 10.00. The Labute approximate surface area is 84.8 Å². The Balaban J connectivity index is 2.43. The molecule has 0 saturated heterocycles. The summed E-state index contributed by atoms with van der Waals surface area (Å²) in [4.78, 5) is 22.7. The first kappa shape index (κ1) is 11.2. The molecule has 1 unspecified atom stereocenters. The number of Topliss-reactive ketones (excluding diaryl/α,β-unsaturated/α-hetero) is 1. The fourth-order valence-corrected chi connectivity index (χ4v) is 1.46. The van der Waals surface area contributed by atoms with Gasteiger partial charge in [-0.3, -0.25) is 9.59 Å². The average molecular weight is 198 g/mol. The van der Waals surface area contributed by atoms with Crippen molar-refractivity contribution in [2.45, 2.75) is 33.6 Å². The van der Waals surface area contributed by atoms with Crippen LogP contribution < -0.4 is 0 Å². The van der Waals surface area contributed by atoms with Crippen molar-refractivity contribution >= 4 is 11.8 Å². The molecule has 80 valence electrons. The molecule has 0 heterocycles. The van der Waals surface area contributed by atoms with Gasteiger partial charge in [0.15, 0.2) is 0 Å². The van der Waals surface area contributed by atoms with E-state index in [4.69, 9.17) is 4.74 Å². The smallest absolute Gasteiger partial charge is 0.316 e. The fourth-order valence-electron chi connectivity index (χ4n) is 1.46. The van der Waals surface area contributed by atoms with Gasteiger partial charge in [0.05, 0.1) is 6.61 Å². The second-order valence-corrected chi connectivity index (χ2v) is 4.45. The first-order chi connectivity index (χ1) is 6.52. The minimum atomic E-state index is -0.492. The molecule has 14 heavy (non-hydrogen) atoms. The van der Waals surface area contributed by atoms with Crippen LogP contribution >= 0.6 is 0 Å². The van der Waals surface area contributed by atoms with E-state index in [2.05, 4.69) is 0 Å². The predicted molar refractivity (Wildman–Crippen MR) is 52.7 cm³/mol. The summed E-state index contributed by atoms with van der Waals surface area (Å²) in [6, 6.07) is 0. The molecule has 1 saturated carbocycles. The molecule has 0 spiro atoms. The largest absolute Gasteiger partial charge is 0.465 e. The third kappa shape index (κ3) is 3.13. The second-order valence-electron chi connectivity index (χ2n) is 4.45. The minimum absolute atomic E-state index is 0.0544. The molecular weight excluding hydrogens is 180 g/mol. The van der Waals surface area contributed by atoms with Gasteiger partial charge in [-0.15, -0.1) is 0 Å². The summed E-state index contributed by atoms with van der Waals surface area (Å²) >= 11 is 0. The topological polar surface area (TPSA) is 43.4 Å². The van der Waals surface area contributed by atoms with E-state index in [0.717, 1.165) is 12.8 Å². The van der Waals surface area contributed by atoms with Crippen LogP contribution in [0.25, 0.3) is 0 Å². The van der Waals surface area contributed by atoms with E-state index < -0.39 is 5.92 Å². The van der Waals surface area contributed by atoms with E-state index in [1.165, 1.54) is 6.92 Å². The summed E-state index contributed by atoms with van der Waals surface area (Å²) in [5.41, 5.74) is 0. The maximum absolute atomic E-state index is 11.5. The van der Waals surface area contributed by atoms with Gasteiger partial charge >= 0.3 is 5.97 Å². The van der Waals surface area contributed by atoms with Crippen LogP contribution in [0.15, 0.2) is 0 Å². The monoisotopic (exact) mass is 198 g/mol. The molecule has 3 nitrogen and oxygen atoms in total. The lowest BCUT2D eigenvalue weighted by Gasteiger charge is -2.13. The van der Waals surface area contributed by atoms with Crippen molar-refractivity contribution in [1.82, 2.24) is 0 Å². The molecular formula is C11H18O3. The van der Waals surface area contributed by atoms with Crippen molar-refractivity contribution in [3.05, 3.63) is 0 Å². The standard InChI is InChI=1S/C11H18O3/c1-7(2)6-14-11(13)10(8(3)12)9-4-5-9/h7,9-10H,4-6H2,1-3H3. The van der Waals surface area contributed by atoms with E-state index >= 15 is 0 Å². The molecule has 1 aliphatic rings. The van der Waals surface area contributed by atoms with Gasteiger partial charge in [-0.25, -0.2) is 0 Å². The summed E-state index contributed by atoms with van der Waals surface area (Å²) < 4.78 is 5.07. The maximum Gasteiger partial charge on any atom is 0.316 e. The third-order valence-corrected chi connectivity index (χ3v) is 2.34. The molecule has 0 N–H and O–H groups in total. The summed E-state index contributed by atoms with van der Waals surface area (Å²) in [6.07, 6.45) is 1.97. The van der Waals surface area contributed by atoms with Crippen molar-refractivity contribution in [2.75, 3.05) is 6.61 Å². The van der Waals surface area contributed by atoms with E-state index in [9.17, 15) is 9.59 Å². The van der Waals surface area contributed by atoms with Crippen LogP contribution in [0.2, 0.25) is 0 Å². The number of rotatable bonds is 5. The normalized spacial score (nSPS) is 18.0. The SMILES string of the molecule is CC(=O)C(C(=O)OCC(C)C)C1CC1. The van der Waals surface area contributed by atoms with E-state index in [-0.39, 0.29) is 17.7 Å². The van der Waals surface area contributed by atoms with Gasteiger partial charge in [-0.05, 0) is 31.6 Å². The van der Waals surface area contributed by atoms with Crippen molar-refractivity contribution in [2.24, 2.45) is 17.8 Å². The Morgan fingerprint density at radius 1 is 1.36 bits per heavy atom. The first-order valence-electron chi connectivity index (χ1n) is 5.19. The molecule has 0 bridgehead atoms. The van der Waals surface area contributed by atoms with Crippen molar-refractivity contribution in [3.63, 3.8) is 0 Å². The highest BCUT2D eigenvalue weighted by Crippen LogP contribution is 2.37. The number of carbonyl (C=O) groups excluding carboxylic acids is 2. The van der Waals surface area contributed by atoms with Crippen LogP contribution in [-0.4, -0.2) is 18.4 Å². The van der Waals surface area contributed by atoms with Gasteiger partial charge in [0.1, 0.15) is 11.7 Å². The summed E-state index contributed by atoms with van der Waals surface area (Å²) in [5.74, 6) is -0.290. The number of esters is 1. The molecule has 3 heteroatoms. The number of ether oxygens (including phenoxy) is 1. The Morgan fingerprint density at radius 2 is 1.93 bits per heavy atom. The van der Waals surface area contributed by atoms with Crippen molar-refractivity contribution < 1.29 is 14.3 Å². The van der Waals surface area contributed by atoms with Crippen LogP contribution in [0.1, 0.15) is 33.6 Å². The molecule has 0 amide bonds. The molecule has 0 aromatic carbocycles. The lowest BCUT2D eigenvalue weighted by molar-refractivity contribution is -0.153. The molecule has 1 fully saturated rings. The quantitative estimate of drug-likeness (QED) is 0.499. The van der Waals surface area contributed by atoms with Gasteiger partial charge in [-0.1, -0.05) is 13.8 Å². The zero-order valence-electron chi connectivity index (χ0n) is 9.08. The summed E-state index contributed by atoms with van der Waals surface area (Å²) in [7, 11) is 0. The average Bonchev–Trinajstić information content (AvgIpc) is 2.84. The molecule has 1 atom stereocenters. The Kier molecular flexibility index (Phi) is 3.67. The van der Waals surface area contributed by atoms with Crippen molar-refractivity contribution in [3.8, 4) is 0 Å². The van der Waals surface area contributed by atoms with E-state index in [0.29, 0.717) is 12.5 Å². The van der Waals surface area contributed by atoms with Gasteiger partial charge in [-0.2, -0.15) is 0 Å². The van der Waals surface area contributed by atoms with Gasteiger partial charge < -0.3 is 4.74 Å². The maximum atomic E-state index is 11.5. The summed E-state index contributed by atoms with van der Waals surface area (Å²) in [5, 5.41) is 0. The highest BCUT2D eigenvalue weighted by atomic mass is 16.5. The number of ketones is 1. The van der Waals surface area contributed by atoms with E-state index in [1.807, 2.05) is 13.8 Å². The number of hydrogen-bond donors (Lipinski definition) is 0. The Morgan fingerprint density at radius 3 is 2.29 bits per heavy atom. The summed E-state index contributed by atoms with van der Waals surface area (Å²) in [6.45, 7) is 5.84. The van der Waals surface area contributed by atoms with Crippen LogP contribution in [0, 0.1) is 17.8 Å². The molecule has 1 aliphatic carbocycles. The van der Waals surface area contributed by atoms with Crippen LogP contribution in [0.3, 0.4) is 0 Å². The van der Waals surface area contributed by atoms with Gasteiger partial charge in [0.25, 0.3) is 0 Å². The minimum Gasteiger partial charge on any atom is -0.465 e. The predicted octanol–water partition coefficient (Wildman–Crippen LogP) is 1.80. The third-order valence-electron chi connectivity index (χ3n) is 2.34.